The summed E-state index contributed by atoms with van der Waals surface area (Å²) in [5.41, 5.74) is 0.0121. The van der Waals surface area contributed by atoms with Crippen molar-refractivity contribution in [2.45, 2.75) is 63.5 Å². The molecule has 2 aliphatic rings. The molecule has 1 atom stereocenters. The van der Waals surface area contributed by atoms with Crippen LogP contribution in [-0.2, 0) is 14.8 Å². The van der Waals surface area contributed by atoms with Crippen molar-refractivity contribution in [3.63, 3.8) is 0 Å². The van der Waals surface area contributed by atoms with Crippen LogP contribution in [0.25, 0.3) is 0 Å². The predicted octanol–water partition coefficient (Wildman–Crippen LogP) is 2.77. The molecule has 0 spiro atoms. The maximum atomic E-state index is 13.1. The van der Waals surface area contributed by atoms with Crippen molar-refractivity contribution < 1.29 is 17.9 Å². The van der Waals surface area contributed by atoms with Crippen LogP contribution in [0.5, 0.6) is 5.75 Å². The zero-order valence-electron chi connectivity index (χ0n) is 15.3. The number of carbonyl (C=O) groups is 1. The van der Waals surface area contributed by atoms with Crippen LogP contribution >= 0.6 is 0 Å². The molecule has 3 rings (SSSR count). The summed E-state index contributed by atoms with van der Waals surface area (Å²) in [4.78, 5) is 13.9. The number of anilines is 1. The first kappa shape index (κ1) is 18.2. The van der Waals surface area contributed by atoms with Crippen molar-refractivity contribution in [1.82, 2.24) is 4.31 Å². The third-order valence-corrected chi connectivity index (χ3v) is 6.88. The molecule has 1 saturated heterocycles. The number of fused-ring (bicyclic) bond motifs is 1. The highest BCUT2D eigenvalue weighted by molar-refractivity contribution is 7.89. The van der Waals surface area contributed by atoms with Gasteiger partial charge in [0.2, 0.25) is 15.9 Å². The predicted molar refractivity (Wildman–Crippen MR) is 96.4 cm³/mol. The maximum absolute atomic E-state index is 13.1. The molecule has 0 saturated carbocycles. The molecular weight excluding hydrogens is 340 g/mol. The fraction of sp³-hybridized carbons (Fsp3) is 0.611. The molecule has 25 heavy (non-hydrogen) atoms. The Bertz CT molecular complexity index is 788. The number of carbonyl (C=O) groups excluding carboxylic acids is 1. The lowest BCUT2D eigenvalue weighted by molar-refractivity contribution is -0.117. The Morgan fingerprint density at radius 1 is 1.28 bits per heavy atom. The SMILES string of the molecule is CC(=O)N1CC(C)(C)Oc2ccc(S(=O)(=O)N3CCCCC3C)cc21. The Labute approximate surface area is 149 Å². The highest BCUT2D eigenvalue weighted by Crippen LogP contribution is 2.39. The summed E-state index contributed by atoms with van der Waals surface area (Å²) in [7, 11) is -3.58. The smallest absolute Gasteiger partial charge is 0.243 e. The van der Waals surface area contributed by atoms with Gasteiger partial charge in [-0.3, -0.25) is 4.79 Å². The van der Waals surface area contributed by atoms with Crippen molar-refractivity contribution >= 4 is 21.6 Å². The number of rotatable bonds is 2. The topological polar surface area (TPSA) is 66.9 Å². The van der Waals surface area contributed by atoms with E-state index in [0.29, 0.717) is 24.5 Å². The molecule has 2 aliphatic heterocycles. The molecule has 0 radical (unpaired) electrons. The quantitative estimate of drug-likeness (QED) is 0.807. The summed E-state index contributed by atoms with van der Waals surface area (Å²) in [6.45, 7) is 8.18. The van der Waals surface area contributed by atoms with E-state index in [2.05, 4.69) is 0 Å². The van der Waals surface area contributed by atoms with Gasteiger partial charge in [-0.1, -0.05) is 6.42 Å². The van der Waals surface area contributed by atoms with Gasteiger partial charge in [-0.15, -0.1) is 0 Å². The molecule has 7 heteroatoms. The highest BCUT2D eigenvalue weighted by atomic mass is 32.2. The van der Waals surface area contributed by atoms with Gasteiger partial charge in [-0.25, -0.2) is 8.42 Å². The molecule has 1 fully saturated rings. The Kier molecular flexibility index (Phi) is 4.58. The monoisotopic (exact) mass is 366 g/mol. The normalized spacial score (nSPS) is 23.7. The molecule has 0 aromatic heterocycles. The number of benzene rings is 1. The fourth-order valence-electron chi connectivity index (χ4n) is 3.60. The Balaban J connectivity index is 2.03. The molecule has 1 amide bonds. The van der Waals surface area contributed by atoms with Crippen LogP contribution in [0.15, 0.2) is 23.1 Å². The second kappa shape index (κ2) is 6.29. The Morgan fingerprint density at radius 3 is 2.64 bits per heavy atom. The molecular formula is C18H26N2O4S. The molecule has 138 valence electrons. The molecule has 1 aromatic rings. The number of piperidine rings is 1. The first-order valence-corrected chi connectivity index (χ1v) is 10.2. The van der Waals surface area contributed by atoms with Crippen LogP contribution in [0.1, 0.15) is 47.0 Å². The van der Waals surface area contributed by atoms with E-state index in [-0.39, 0.29) is 16.8 Å². The van der Waals surface area contributed by atoms with Crippen molar-refractivity contribution in [3.8, 4) is 5.75 Å². The van der Waals surface area contributed by atoms with E-state index in [4.69, 9.17) is 4.74 Å². The van der Waals surface area contributed by atoms with Crippen LogP contribution in [0.2, 0.25) is 0 Å². The lowest BCUT2D eigenvalue weighted by Gasteiger charge is -2.39. The molecule has 0 bridgehead atoms. The van der Waals surface area contributed by atoms with Crippen LogP contribution in [0.4, 0.5) is 5.69 Å². The van der Waals surface area contributed by atoms with Gasteiger partial charge in [0.15, 0.2) is 0 Å². The average molecular weight is 366 g/mol. The molecule has 1 aromatic carbocycles. The second-order valence-corrected chi connectivity index (χ2v) is 9.45. The van der Waals surface area contributed by atoms with Gasteiger partial charge in [0.25, 0.3) is 0 Å². The van der Waals surface area contributed by atoms with Gasteiger partial charge < -0.3 is 9.64 Å². The van der Waals surface area contributed by atoms with Crippen LogP contribution < -0.4 is 9.64 Å². The third-order valence-electron chi connectivity index (χ3n) is 4.88. The average Bonchev–Trinajstić information content (AvgIpc) is 2.52. The van der Waals surface area contributed by atoms with Gasteiger partial charge in [-0.05, 0) is 51.8 Å². The summed E-state index contributed by atoms with van der Waals surface area (Å²) in [5, 5.41) is 0. The minimum atomic E-state index is -3.58. The summed E-state index contributed by atoms with van der Waals surface area (Å²) >= 11 is 0. The van der Waals surface area contributed by atoms with Crippen LogP contribution in [-0.4, -0.2) is 43.4 Å². The summed E-state index contributed by atoms with van der Waals surface area (Å²) in [5.74, 6) is 0.413. The zero-order chi connectivity index (χ0) is 18.4. The minimum Gasteiger partial charge on any atom is -0.484 e. The number of sulfonamides is 1. The van der Waals surface area contributed by atoms with E-state index < -0.39 is 15.6 Å². The van der Waals surface area contributed by atoms with E-state index >= 15 is 0 Å². The number of hydrogen-bond acceptors (Lipinski definition) is 4. The number of ether oxygens (including phenoxy) is 1. The van der Waals surface area contributed by atoms with Crippen molar-refractivity contribution in [2.75, 3.05) is 18.0 Å². The first-order chi connectivity index (χ1) is 11.6. The maximum Gasteiger partial charge on any atom is 0.243 e. The highest BCUT2D eigenvalue weighted by Gasteiger charge is 2.36. The Hall–Kier alpha value is -1.60. The molecule has 6 nitrogen and oxygen atoms in total. The second-order valence-electron chi connectivity index (χ2n) is 7.56. The minimum absolute atomic E-state index is 0.00567. The van der Waals surface area contributed by atoms with E-state index in [1.165, 1.54) is 6.92 Å². The summed E-state index contributed by atoms with van der Waals surface area (Å²) in [6.07, 6.45) is 2.81. The Morgan fingerprint density at radius 2 is 2.00 bits per heavy atom. The number of hydrogen-bond donors (Lipinski definition) is 0. The van der Waals surface area contributed by atoms with Gasteiger partial charge in [-0.2, -0.15) is 4.31 Å². The van der Waals surface area contributed by atoms with Gasteiger partial charge >= 0.3 is 0 Å². The largest absolute Gasteiger partial charge is 0.484 e. The van der Waals surface area contributed by atoms with Crippen molar-refractivity contribution in [2.24, 2.45) is 0 Å². The third kappa shape index (κ3) is 3.40. The van der Waals surface area contributed by atoms with E-state index in [0.717, 1.165) is 19.3 Å². The number of nitrogens with zero attached hydrogens (tertiary/aromatic N) is 2. The summed E-state index contributed by atoms with van der Waals surface area (Å²) < 4.78 is 33.6. The van der Waals surface area contributed by atoms with E-state index in [9.17, 15) is 13.2 Å². The summed E-state index contributed by atoms with van der Waals surface area (Å²) in [6, 6.07) is 4.81. The zero-order valence-corrected chi connectivity index (χ0v) is 16.1. The van der Waals surface area contributed by atoms with Crippen LogP contribution in [0, 0.1) is 0 Å². The molecule has 1 unspecified atom stereocenters. The van der Waals surface area contributed by atoms with Crippen molar-refractivity contribution in [1.29, 1.82) is 0 Å². The standard InChI is InChI=1S/C18H26N2O4S/c1-13-7-5-6-10-20(13)25(22,23)15-8-9-17-16(11-15)19(14(2)21)12-18(3,4)24-17/h8-9,11,13H,5-7,10,12H2,1-4H3. The lowest BCUT2D eigenvalue weighted by atomic mass is 10.1. The van der Waals surface area contributed by atoms with E-state index in [1.54, 1.807) is 27.4 Å². The molecule has 2 heterocycles. The molecule has 0 aliphatic carbocycles. The number of amides is 1. The van der Waals surface area contributed by atoms with Crippen LogP contribution in [0.3, 0.4) is 0 Å². The van der Waals surface area contributed by atoms with Gasteiger partial charge in [0, 0.05) is 19.5 Å². The van der Waals surface area contributed by atoms with E-state index in [1.807, 2.05) is 20.8 Å². The molecule has 0 N–H and O–H groups in total. The van der Waals surface area contributed by atoms with Gasteiger partial charge in [0.05, 0.1) is 17.1 Å². The fourth-order valence-corrected chi connectivity index (χ4v) is 5.32. The first-order valence-electron chi connectivity index (χ1n) is 8.75. The lowest BCUT2D eigenvalue weighted by Crippen LogP contribution is -2.48. The van der Waals surface area contributed by atoms with Gasteiger partial charge in [0.1, 0.15) is 11.4 Å². The van der Waals surface area contributed by atoms with Crippen molar-refractivity contribution in [3.05, 3.63) is 18.2 Å².